The summed E-state index contributed by atoms with van der Waals surface area (Å²) in [5.74, 6) is 0.599. The van der Waals surface area contributed by atoms with Crippen LogP contribution in [0.4, 0.5) is 0 Å². The fraction of sp³-hybridized carbons (Fsp3) is 0.556. The van der Waals surface area contributed by atoms with Crippen molar-refractivity contribution < 1.29 is 4.74 Å². The Morgan fingerprint density at radius 3 is 2.77 bits per heavy atom. The topological polar surface area (TPSA) is 35.0 Å². The molecule has 0 spiro atoms. The zero-order valence-corrected chi connectivity index (χ0v) is 9.63. The lowest BCUT2D eigenvalue weighted by Gasteiger charge is -2.24. The van der Waals surface area contributed by atoms with Gasteiger partial charge in [0.05, 0.1) is 4.47 Å². The maximum absolute atomic E-state index is 5.68. The molecule has 0 radical (unpaired) electrons. The molecule has 0 unspecified atom stereocenters. The highest BCUT2D eigenvalue weighted by atomic mass is 79.9. The van der Waals surface area contributed by atoms with Crippen LogP contribution in [0, 0.1) is 0 Å². The maximum atomic E-state index is 5.68. The van der Waals surface area contributed by atoms with Crippen LogP contribution in [0.1, 0.15) is 27.2 Å². The summed E-state index contributed by atoms with van der Waals surface area (Å²) >= 11 is 3.33. The first kappa shape index (κ1) is 10.4. The molecule has 0 saturated heterocycles. The molecule has 0 amide bonds. The predicted octanol–water partition coefficient (Wildman–Crippen LogP) is 2.81. The highest BCUT2D eigenvalue weighted by Gasteiger charge is 2.18. The zero-order valence-electron chi connectivity index (χ0n) is 8.04. The van der Waals surface area contributed by atoms with Gasteiger partial charge in [0.15, 0.2) is 0 Å². The van der Waals surface area contributed by atoms with Crippen molar-refractivity contribution in [2.24, 2.45) is 0 Å². The van der Waals surface area contributed by atoms with Crippen molar-refractivity contribution in [1.29, 1.82) is 0 Å². The van der Waals surface area contributed by atoms with Crippen LogP contribution in [-0.2, 0) is 0 Å². The minimum Gasteiger partial charge on any atom is -0.471 e. The van der Waals surface area contributed by atoms with Crippen LogP contribution >= 0.6 is 15.9 Å². The van der Waals surface area contributed by atoms with Gasteiger partial charge in [-0.25, -0.2) is 9.97 Å². The van der Waals surface area contributed by atoms with Crippen molar-refractivity contribution in [3.05, 3.63) is 17.0 Å². The molecule has 1 aromatic rings. The second-order valence-corrected chi connectivity index (χ2v) is 4.25. The molecule has 1 rings (SSSR count). The van der Waals surface area contributed by atoms with Crippen molar-refractivity contribution in [2.45, 2.75) is 32.8 Å². The highest BCUT2D eigenvalue weighted by Crippen LogP contribution is 2.25. The van der Waals surface area contributed by atoms with E-state index < -0.39 is 0 Å². The van der Waals surface area contributed by atoms with Gasteiger partial charge in [-0.05, 0) is 36.2 Å². The maximum Gasteiger partial charge on any atom is 0.231 e. The largest absolute Gasteiger partial charge is 0.471 e. The lowest BCUT2D eigenvalue weighted by atomic mass is 10.1. The smallest absolute Gasteiger partial charge is 0.231 e. The van der Waals surface area contributed by atoms with Gasteiger partial charge in [-0.2, -0.15) is 0 Å². The molecule has 0 saturated carbocycles. The van der Waals surface area contributed by atoms with Gasteiger partial charge in [-0.15, -0.1) is 0 Å². The summed E-state index contributed by atoms with van der Waals surface area (Å²) in [6, 6.07) is 0. The Morgan fingerprint density at radius 2 is 2.23 bits per heavy atom. The quantitative estimate of drug-likeness (QED) is 0.821. The third-order valence-electron chi connectivity index (χ3n) is 1.86. The number of hydrogen-bond donors (Lipinski definition) is 0. The van der Waals surface area contributed by atoms with Crippen LogP contribution in [0.15, 0.2) is 17.0 Å². The molecule has 0 aromatic carbocycles. The third-order valence-corrected chi connectivity index (χ3v) is 2.40. The summed E-state index contributed by atoms with van der Waals surface area (Å²) in [5, 5.41) is 0. The monoisotopic (exact) mass is 244 g/mol. The normalized spacial score (nSPS) is 11.4. The summed E-state index contributed by atoms with van der Waals surface area (Å²) in [6.45, 7) is 6.14. The van der Waals surface area contributed by atoms with E-state index in [2.05, 4.69) is 32.8 Å². The number of rotatable bonds is 3. The average molecular weight is 245 g/mol. The van der Waals surface area contributed by atoms with E-state index in [1.165, 1.54) is 6.33 Å². The van der Waals surface area contributed by atoms with Crippen LogP contribution in [0.3, 0.4) is 0 Å². The van der Waals surface area contributed by atoms with E-state index in [-0.39, 0.29) is 5.60 Å². The van der Waals surface area contributed by atoms with Gasteiger partial charge in [0.25, 0.3) is 0 Å². The van der Waals surface area contributed by atoms with Gasteiger partial charge in [-0.3, -0.25) is 0 Å². The Labute approximate surface area is 86.7 Å². The van der Waals surface area contributed by atoms with Gasteiger partial charge in [0.2, 0.25) is 5.88 Å². The Hall–Kier alpha value is -0.640. The summed E-state index contributed by atoms with van der Waals surface area (Å²) in [7, 11) is 0. The molecule has 0 aliphatic rings. The molecule has 4 heteroatoms. The predicted molar refractivity (Wildman–Crippen MR) is 54.7 cm³/mol. The van der Waals surface area contributed by atoms with Gasteiger partial charge >= 0.3 is 0 Å². The molecule has 3 nitrogen and oxygen atoms in total. The van der Waals surface area contributed by atoms with E-state index in [9.17, 15) is 0 Å². The Bertz CT molecular complexity index is 289. The van der Waals surface area contributed by atoms with Crippen LogP contribution in [0.5, 0.6) is 5.88 Å². The molecule has 0 aliphatic heterocycles. The Kier molecular flexibility index (Phi) is 3.25. The first-order valence-electron chi connectivity index (χ1n) is 4.19. The number of nitrogens with zero attached hydrogens (tertiary/aromatic N) is 2. The lowest BCUT2D eigenvalue weighted by Crippen LogP contribution is -2.27. The molecule has 0 fully saturated rings. The minimum atomic E-state index is -0.184. The van der Waals surface area contributed by atoms with Crippen LogP contribution in [-0.4, -0.2) is 15.6 Å². The fourth-order valence-corrected chi connectivity index (χ4v) is 1.01. The summed E-state index contributed by atoms with van der Waals surface area (Å²) < 4.78 is 6.47. The van der Waals surface area contributed by atoms with E-state index >= 15 is 0 Å². The number of hydrogen-bond acceptors (Lipinski definition) is 3. The van der Waals surface area contributed by atoms with E-state index in [1.54, 1.807) is 6.20 Å². The number of halogens is 1. The van der Waals surface area contributed by atoms with Gasteiger partial charge in [-0.1, -0.05) is 6.92 Å². The van der Waals surface area contributed by atoms with Crippen molar-refractivity contribution in [1.82, 2.24) is 9.97 Å². The zero-order chi connectivity index (χ0) is 9.90. The van der Waals surface area contributed by atoms with Crippen LogP contribution < -0.4 is 4.74 Å². The highest BCUT2D eigenvalue weighted by molar-refractivity contribution is 9.10. The first-order chi connectivity index (χ1) is 6.05. The molecule has 1 aromatic heterocycles. The summed E-state index contributed by atoms with van der Waals surface area (Å²) in [4.78, 5) is 7.89. The van der Waals surface area contributed by atoms with Gasteiger partial charge in [0.1, 0.15) is 11.9 Å². The van der Waals surface area contributed by atoms with E-state index in [0.717, 1.165) is 10.9 Å². The second kappa shape index (κ2) is 4.05. The molecule has 72 valence electrons. The van der Waals surface area contributed by atoms with E-state index in [0.29, 0.717) is 5.88 Å². The average Bonchev–Trinajstić information content (AvgIpc) is 2.09. The molecule has 0 N–H and O–H groups in total. The standard InChI is InChI=1S/C9H13BrN2O/c1-4-9(2,3)13-8-7(10)5-11-6-12-8/h5-6H,4H2,1-3H3. The molecule has 0 aliphatic carbocycles. The fourth-order valence-electron chi connectivity index (χ4n) is 0.710. The molecule has 13 heavy (non-hydrogen) atoms. The SMILES string of the molecule is CCC(C)(C)Oc1ncncc1Br. The molecular formula is C9H13BrN2O. The van der Waals surface area contributed by atoms with Crippen molar-refractivity contribution in [2.75, 3.05) is 0 Å². The third kappa shape index (κ3) is 2.95. The number of ether oxygens (including phenoxy) is 1. The lowest BCUT2D eigenvalue weighted by molar-refractivity contribution is 0.0977. The van der Waals surface area contributed by atoms with E-state index in [1.807, 2.05) is 13.8 Å². The van der Waals surface area contributed by atoms with Crippen LogP contribution in [0.2, 0.25) is 0 Å². The van der Waals surface area contributed by atoms with Gasteiger partial charge < -0.3 is 4.74 Å². The number of aromatic nitrogens is 2. The second-order valence-electron chi connectivity index (χ2n) is 3.39. The van der Waals surface area contributed by atoms with Crippen LogP contribution in [0.25, 0.3) is 0 Å². The molecule has 0 bridgehead atoms. The van der Waals surface area contributed by atoms with Crippen molar-refractivity contribution >= 4 is 15.9 Å². The van der Waals surface area contributed by atoms with Gasteiger partial charge in [0, 0.05) is 6.20 Å². The molecule has 1 heterocycles. The summed E-state index contributed by atoms with van der Waals surface area (Å²) in [6.07, 6.45) is 4.09. The van der Waals surface area contributed by atoms with Crippen molar-refractivity contribution in [3.63, 3.8) is 0 Å². The molecule has 0 atom stereocenters. The molecular weight excluding hydrogens is 232 g/mol. The Balaban J connectivity index is 2.80. The Morgan fingerprint density at radius 1 is 1.54 bits per heavy atom. The minimum absolute atomic E-state index is 0.184. The first-order valence-corrected chi connectivity index (χ1v) is 4.99. The van der Waals surface area contributed by atoms with Crippen molar-refractivity contribution in [3.8, 4) is 5.88 Å². The van der Waals surface area contributed by atoms with E-state index in [4.69, 9.17) is 4.74 Å². The summed E-state index contributed by atoms with van der Waals surface area (Å²) in [5.41, 5.74) is -0.184.